The van der Waals surface area contributed by atoms with Gasteiger partial charge in [0.15, 0.2) is 0 Å². The van der Waals surface area contributed by atoms with Crippen LogP contribution < -0.4 is 0 Å². The van der Waals surface area contributed by atoms with Crippen LogP contribution in [0.15, 0.2) is 40.9 Å². The van der Waals surface area contributed by atoms with Crippen molar-refractivity contribution in [3.8, 4) is 17.2 Å². The van der Waals surface area contributed by atoms with Crippen molar-refractivity contribution in [3.05, 3.63) is 57.3 Å². The molecule has 0 aliphatic carbocycles. The van der Waals surface area contributed by atoms with Crippen molar-refractivity contribution in [2.45, 2.75) is 0 Å². The lowest BCUT2D eigenvalue weighted by molar-refractivity contribution is 0.632. The number of hydrogen-bond donors (Lipinski definition) is 0. The van der Waals surface area contributed by atoms with Gasteiger partial charge in [-0.3, -0.25) is 0 Å². The van der Waals surface area contributed by atoms with E-state index in [4.69, 9.17) is 16.9 Å². The molecular weight excluding hydrogens is 305 g/mol. The second-order valence-electron chi connectivity index (χ2n) is 3.44. The van der Waals surface area contributed by atoms with Gasteiger partial charge in [0.1, 0.15) is 5.82 Å². The molecule has 0 fully saturated rings. The van der Waals surface area contributed by atoms with Crippen molar-refractivity contribution in [1.29, 1.82) is 5.26 Å². The lowest BCUT2D eigenvalue weighted by Crippen LogP contribution is -1.87. The Bertz CT molecular complexity index is 619. The third-order valence-corrected chi connectivity index (χ3v) is 3.04. The van der Waals surface area contributed by atoms with E-state index in [0.717, 1.165) is 4.47 Å². The molecule has 2 rings (SSSR count). The Morgan fingerprint density at radius 1 is 1.24 bits per heavy atom. The standard InChI is InChI=1S/C13H6BrClFN/c14-10-5-8(7-17)4-9(6-10)11-2-1-3-12(15)13(11)16/h1-6H. The Labute approximate surface area is 112 Å². The van der Waals surface area contributed by atoms with Crippen molar-refractivity contribution in [3.63, 3.8) is 0 Å². The molecule has 0 N–H and O–H groups in total. The summed E-state index contributed by atoms with van der Waals surface area (Å²) in [5, 5.41) is 8.94. The molecule has 0 amide bonds. The van der Waals surface area contributed by atoms with Crippen LogP contribution in [0.3, 0.4) is 0 Å². The van der Waals surface area contributed by atoms with Crippen LogP contribution in [0.5, 0.6) is 0 Å². The first kappa shape index (κ1) is 12.1. The minimum atomic E-state index is -0.476. The van der Waals surface area contributed by atoms with Crippen LogP contribution in [0.25, 0.3) is 11.1 Å². The van der Waals surface area contributed by atoms with Crippen molar-refractivity contribution in [1.82, 2.24) is 0 Å². The maximum atomic E-state index is 13.8. The highest BCUT2D eigenvalue weighted by molar-refractivity contribution is 9.10. The second kappa shape index (κ2) is 4.87. The fourth-order valence-corrected chi connectivity index (χ4v) is 2.20. The van der Waals surface area contributed by atoms with Gasteiger partial charge >= 0.3 is 0 Å². The van der Waals surface area contributed by atoms with Gasteiger partial charge in [0.2, 0.25) is 0 Å². The van der Waals surface area contributed by atoms with Gasteiger partial charge in [0.05, 0.1) is 16.7 Å². The zero-order chi connectivity index (χ0) is 12.4. The molecule has 4 heteroatoms. The average Bonchev–Trinajstić information content (AvgIpc) is 2.31. The number of benzene rings is 2. The predicted molar refractivity (Wildman–Crippen MR) is 69.3 cm³/mol. The van der Waals surface area contributed by atoms with Gasteiger partial charge < -0.3 is 0 Å². The minimum absolute atomic E-state index is 0.0704. The summed E-state index contributed by atoms with van der Waals surface area (Å²) in [4.78, 5) is 0. The molecule has 0 atom stereocenters. The topological polar surface area (TPSA) is 23.8 Å². The molecule has 0 aliphatic rings. The summed E-state index contributed by atoms with van der Waals surface area (Å²) in [5.41, 5.74) is 1.47. The summed E-state index contributed by atoms with van der Waals surface area (Å²) in [6, 6.07) is 11.9. The number of nitriles is 1. The smallest absolute Gasteiger partial charge is 0.149 e. The van der Waals surface area contributed by atoms with E-state index in [2.05, 4.69) is 15.9 Å². The molecule has 0 saturated carbocycles. The van der Waals surface area contributed by atoms with Crippen LogP contribution >= 0.6 is 27.5 Å². The first-order valence-corrected chi connectivity index (χ1v) is 5.94. The molecule has 0 radical (unpaired) electrons. The van der Waals surface area contributed by atoms with Crippen LogP contribution in [-0.4, -0.2) is 0 Å². The molecule has 84 valence electrons. The maximum Gasteiger partial charge on any atom is 0.149 e. The SMILES string of the molecule is N#Cc1cc(Br)cc(-c2cccc(Cl)c2F)c1. The first-order valence-electron chi connectivity index (χ1n) is 4.77. The fraction of sp³-hybridized carbons (Fsp3) is 0. The number of hydrogen-bond acceptors (Lipinski definition) is 1. The Balaban J connectivity index is 2.65. The van der Waals surface area contributed by atoms with Gasteiger partial charge in [-0.15, -0.1) is 0 Å². The molecule has 0 aliphatic heterocycles. The molecule has 0 unspecified atom stereocenters. The van der Waals surface area contributed by atoms with Gasteiger partial charge in [0.25, 0.3) is 0 Å². The van der Waals surface area contributed by atoms with Gasteiger partial charge in [0, 0.05) is 10.0 Å². The second-order valence-corrected chi connectivity index (χ2v) is 4.76. The van der Waals surface area contributed by atoms with Gasteiger partial charge in [-0.2, -0.15) is 5.26 Å². The highest BCUT2D eigenvalue weighted by Crippen LogP contribution is 2.30. The molecule has 0 heterocycles. The van der Waals surface area contributed by atoms with E-state index < -0.39 is 5.82 Å². The summed E-state index contributed by atoms with van der Waals surface area (Å²) < 4.78 is 14.6. The zero-order valence-electron chi connectivity index (χ0n) is 8.55. The zero-order valence-corrected chi connectivity index (χ0v) is 10.9. The fourth-order valence-electron chi connectivity index (χ4n) is 1.54. The molecule has 0 saturated heterocycles. The minimum Gasteiger partial charge on any atom is -0.205 e. The Kier molecular flexibility index (Phi) is 3.46. The van der Waals surface area contributed by atoms with E-state index in [1.54, 1.807) is 30.3 Å². The third kappa shape index (κ3) is 2.49. The average molecular weight is 311 g/mol. The maximum absolute atomic E-state index is 13.8. The highest BCUT2D eigenvalue weighted by Gasteiger charge is 2.09. The van der Waals surface area contributed by atoms with E-state index in [-0.39, 0.29) is 5.02 Å². The van der Waals surface area contributed by atoms with Crippen LogP contribution in [0.4, 0.5) is 4.39 Å². The molecule has 1 nitrogen and oxygen atoms in total. The third-order valence-electron chi connectivity index (χ3n) is 2.29. The quantitative estimate of drug-likeness (QED) is 0.743. The van der Waals surface area contributed by atoms with Crippen molar-refractivity contribution < 1.29 is 4.39 Å². The molecule has 0 bridgehead atoms. The first-order chi connectivity index (χ1) is 8.11. The molecular formula is C13H6BrClFN. The summed E-state index contributed by atoms with van der Waals surface area (Å²) in [6.45, 7) is 0. The van der Waals surface area contributed by atoms with Gasteiger partial charge in [-0.25, -0.2) is 4.39 Å². The van der Waals surface area contributed by atoms with E-state index in [1.807, 2.05) is 6.07 Å². The highest BCUT2D eigenvalue weighted by atomic mass is 79.9. The molecule has 2 aromatic rings. The lowest BCUT2D eigenvalue weighted by atomic mass is 10.0. The van der Waals surface area contributed by atoms with Gasteiger partial charge in [-0.1, -0.05) is 39.7 Å². The van der Waals surface area contributed by atoms with Crippen LogP contribution in [-0.2, 0) is 0 Å². The summed E-state index contributed by atoms with van der Waals surface area (Å²) in [5.74, 6) is -0.476. The van der Waals surface area contributed by atoms with E-state index in [9.17, 15) is 4.39 Å². The van der Waals surface area contributed by atoms with E-state index >= 15 is 0 Å². The predicted octanol–water partition coefficient (Wildman–Crippen LogP) is 4.78. The number of nitrogens with zero attached hydrogens (tertiary/aromatic N) is 1. The van der Waals surface area contributed by atoms with E-state index in [0.29, 0.717) is 16.7 Å². The molecule has 17 heavy (non-hydrogen) atoms. The summed E-state index contributed by atoms with van der Waals surface area (Å²) in [7, 11) is 0. The van der Waals surface area contributed by atoms with Crippen LogP contribution in [0, 0.1) is 17.1 Å². The monoisotopic (exact) mass is 309 g/mol. The van der Waals surface area contributed by atoms with Gasteiger partial charge in [-0.05, 0) is 29.8 Å². The van der Waals surface area contributed by atoms with Crippen molar-refractivity contribution >= 4 is 27.5 Å². The number of rotatable bonds is 1. The Morgan fingerprint density at radius 2 is 2.00 bits per heavy atom. The van der Waals surface area contributed by atoms with Crippen LogP contribution in [0.2, 0.25) is 5.02 Å². The van der Waals surface area contributed by atoms with Crippen molar-refractivity contribution in [2.75, 3.05) is 0 Å². The molecule has 0 spiro atoms. The largest absolute Gasteiger partial charge is 0.205 e. The molecule has 2 aromatic carbocycles. The normalized spacial score (nSPS) is 10.0. The Morgan fingerprint density at radius 3 is 2.71 bits per heavy atom. The molecule has 0 aromatic heterocycles. The number of halogens is 3. The van der Waals surface area contributed by atoms with Crippen molar-refractivity contribution in [2.24, 2.45) is 0 Å². The summed E-state index contributed by atoms with van der Waals surface area (Å²) in [6.07, 6.45) is 0. The Hall–Kier alpha value is -1.37. The lowest BCUT2D eigenvalue weighted by Gasteiger charge is -2.06. The summed E-state index contributed by atoms with van der Waals surface area (Å²) >= 11 is 9.01. The van der Waals surface area contributed by atoms with E-state index in [1.165, 1.54) is 6.07 Å². The van der Waals surface area contributed by atoms with Crippen LogP contribution in [0.1, 0.15) is 5.56 Å².